The maximum Gasteiger partial charge on any atom is 0.404 e. The van der Waals surface area contributed by atoms with E-state index in [1.54, 1.807) is 24.3 Å². The largest absolute Gasteiger partial charge is 0.460 e. The predicted molar refractivity (Wildman–Crippen MR) is 112 cm³/mol. The third kappa shape index (κ3) is 4.17. The van der Waals surface area contributed by atoms with E-state index in [0.29, 0.717) is 21.6 Å². The fraction of sp³-hybridized carbons (Fsp3) is 0.0476. The number of nitro groups is 1. The van der Waals surface area contributed by atoms with Gasteiger partial charge in [-0.1, -0.05) is 36.4 Å². The molecule has 0 bridgehead atoms. The molecule has 0 saturated heterocycles. The van der Waals surface area contributed by atoms with E-state index in [1.165, 1.54) is 17.0 Å². The number of benzene rings is 2. The quantitative estimate of drug-likeness (QED) is 0.173. The third-order valence-electron chi connectivity index (χ3n) is 4.31. The van der Waals surface area contributed by atoms with Crippen LogP contribution in [0.5, 0.6) is 0 Å². The first-order valence-corrected chi connectivity index (χ1v) is 9.46. The highest BCUT2D eigenvalue weighted by Gasteiger charge is 2.19. The monoisotopic (exact) mass is 451 g/mol. The molecule has 2 heterocycles. The summed E-state index contributed by atoms with van der Waals surface area (Å²) in [5.41, 5.74) is 0.598. The number of hydrogen-bond acceptors (Lipinski definition) is 5. The number of carbonyl (C=O) groups excluding carboxylic acids is 1. The maximum atomic E-state index is 12.5. The Morgan fingerprint density at radius 2 is 1.97 bits per heavy atom. The average molecular weight is 452 g/mol. The van der Waals surface area contributed by atoms with Crippen molar-refractivity contribution in [2.24, 2.45) is 0 Å². The van der Waals surface area contributed by atoms with Gasteiger partial charge >= 0.3 is 5.82 Å². The lowest BCUT2D eigenvalue weighted by molar-refractivity contribution is -0.390. The van der Waals surface area contributed by atoms with Crippen molar-refractivity contribution in [3.63, 3.8) is 0 Å². The highest BCUT2D eigenvalue weighted by atomic mass is 79.9. The number of aromatic nitrogens is 2. The first-order chi connectivity index (χ1) is 14.0. The molecule has 0 saturated carbocycles. The summed E-state index contributed by atoms with van der Waals surface area (Å²) in [5, 5.41) is 16.8. The van der Waals surface area contributed by atoms with Gasteiger partial charge in [0.1, 0.15) is 22.5 Å². The Morgan fingerprint density at radius 3 is 2.72 bits per heavy atom. The van der Waals surface area contributed by atoms with Gasteiger partial charge in [-0.3, -0.25) is 4.79 Å². The van der Waals surface area contributed by atoms with Crippen molar-refractivity contribution < 1.29 is 14.1 Å². The zero-order valence-electron chi connectivity index (χ0n) is 15.0. The number of rotatable bonds is 6. The summed E-state index contributed by atoms with van der Waals surface area (Å²) in [6.07, 6.45) is 4.57. The molecule has 8 heteroatoms. The minimum Gasteiger partial charge on any atom is -0.460 e. The van der Waals surface area contributed by atoms with Crippen LogP contribution < -0.4 is 0 Å². The fourth-order valence-electron chi connectivity index (χ4n) is 2.92. The number of furan rings is 1. The molecular formula is C21H14BrN3O4. The second kappa shape index (κ2) is 7.84. The van der Waals surface area contributed by atoms with Crippen LogP contribution in [0.15, 0.2) is 75.8 Å². The highest BCUT2D eigenvalue weighted by Crippen LogP contribution is 2.23. The van der Waals surface area contributed by atoms with Crippen LogP contribution >= 0.6 is 15.9 Å². The topological polar surface area (TPSA) is 91.2 Å². The third-order valence-corrected chi connectivity index (χ3v) is 4.86. The van der Waals surface area contributed by atoms with E-state index >= 15 is 0 Å². The lowest BCUT2D eigenvalue weighted by Gasteiger charge is -2.00. The Hall–Kier alpha value is -3.52. The molecule has 0 aliphatic heterocycles. The first-order valence-electron chi connectivity index (χ1n) is 8.67. The first kappa shape index (κ1) is 18.8. The van der Waals surface area contributed by atoms with Crippen LogP contribution in [0.4, 0.5) is 5.82 Å². The molecule has 0 amide bonds. The summed E-state index contributed by atoms with van der Waals surface area (Å²) in [6.45, 7) is 0.235. The molecule has 0 aliphatic carbocycles. The van der Waals surface area contributed by atoms with Crippen LogP contribution in [0.25, 0.3) is 16.8 Å². The number of halogens is 1. The van der Waals surface area contributed by atoms with E-state index in [1.807, 2.05) is 36.4 Å². The average Bonchev–Trinajstić information content (AvgIpc) is 3.32. The minimum atomic E-state index is -0.560. The molecule has 0 N–H and O–H groups in total. The van der Waals surface area contributed by atoms with Crippen molar-refractivity contribution in [2.75, 3.05) is 0 Å². The molecule has 29 heavy (non-hydrogen) atoms. The van der Waals surface area contributed by atoms with Crippen molar-refractivity contribution >= 4 is 44.4 Å². The van der Waals surface area contributed by atoms with Crippen LogP contribution in [0.2, 0.25) is 0 Å². The zero-order chi connectivity index (χ0) is 20.4. The number of fused-ring (bicyclic) bond motifs is 1. The van der Waals surface area contributed by atoms with Crippen molar-refractivity contribution in [3.05, 3.63) is 98.5 Å². The lowest BCUT2D eigenvalue weighted by atomic mass is 10.0. The minimum absolute atomic E-state index is 0.125. The van der Waals surface area contributed by atoms with E-state index in [0.717, 1.165) is 10.8 Å². The van der Waals surface area contributed by atoms with Gasteiger partial charge in [-0.05, 0) is 62.0 Å². The number of carbonyl (C=O) groups is 1. The van der Waals surface area contributed by atoms with Gasteiger partial charge in [0, 0.05) is 5.56 Å². The molecule has 0 atom stereocenters. The van der Waals surface area contributed by atoms with Gasteiger partial charge in [0.2, 0.25) is 0 Å². The number of nitrogens with zero attached hydrogens (tertiary/aromatic N) is 3. The number of ketones is 1. The normalized spacial score (nSPS) is 11.3. The second-order valence-electron chi connectivity index (χ2n) is 6.32. The van der Waals surface area contributed by atoms with Crippen LogP contribution in [0, 0.1) is 10.1 Å². The fourth-order valence-corrected chi connectivity index (χ4v) is 3.38. The van der Waals surface area contributed by atoms with Gasteiger partial charge in [0.05, 0.1) is 11.3 Å². The Bertz CT molecular complexity index is 1260. The van der Waals surface area contributed by atoms with Gasteiger partial charge in [0.15, 0.2) is 5.78 Å². The molecule has 4 aromatic rings. The Labute approximate surface area is 173 Å². The predicted octanol–water partition coefficient (Wildman–Crippen LogP) is 5.24. The van der Waals surface area contributed by atoms with Gasteiger partial charge in [-0.25, -0.2) is 0 Å². The molecule has 0 radical (unpaired) electrons. The van der Waals surface area contributed by atoms with E-state index in [2.05, 4.69) is 21.0 Å². The van der Waals surface area contributed by atoms with Gasteiger partial charge in [-0.15, -0.1) is 0 Å². The van der Waals surface area contributed by atoms with Crippen LogP contribution in [0.1, 0.15) is 21.9 Å². The molecule has 7 nitrogen and oxygen atoms in total. The molecule has 144 valence electrons. The van der Waals surface area contributed by atoms with E-state index in [4.69, 9.17) is 4.42 Å². The van der Waals surface area contributed by atoms with Crippen LogP contribution in [-0.4, -0.2) is 20.5 Å². The van der Waals surface area contributed by atoms with Crippen molar-refractivity contribution in [2.45, 2.75) is 6.54 Å². The lowest BCUT2D eigenvalue weighted by Crippen LogP contribution is -2.00. The highest BCUT2D eigenvalue weighted by molar-refractivity contribution is 9.10. The zero-order valence-corrected chi connectivity index (χ0v) is 16.6. The van der Waals surface area contributed by atoms with E-state index < -0.39 is 4.92 Å². The molecule has 2 aromatic heterocycles. The smallest absolute Gasteiger partial charge is 0.404 e. The molecule has 4 rings (SSSR count). The summed E-state index contributed by atoms with van der Waals surface area (Å²) in [7, 11) is 0. The molecule has 0 fully saturated rings. The second-order valence-corrected chi connectivity index (χ2v) is 7.17. The Balaban J connectivity index is 1.46. The molecule has 0 unspecified atom stereocenters. The van der Waals surface area contributed by atoms with Crippen molar-refractivity contribution in [1.82, 2.24) is 9.78 Å². The molecule has 0 aliphatic rings. The summed E-state index contributed by atoms with van der Waals surface area (Å²) in [6, 6.07) is 16.9. The van der Waals surface area contributed by atoms with Crippen LogP contribution in [-0.2, 0) is 6.54 Å². The summed E-state index contributed by atoms with van der Waals surface area (Å²) in [4.78, 5) is 22.8. The van der Waals surface area contributed by atoms with E-state index in [-0.39, 0.29) is 18.1 Å². The van der Waals surface area contributed by atoms with Crippen molar-refractivity contribution in [1.29, 1.82) is 0 Å². The molecular weight excluding hydrogens is 438 g/mol. The Kier molecular flexibility index (Phi) is 5.09. The van der Waals surface area contributed by atoms with Gasteiger partial charge < -0.3 is 14.5 Å². The van der Waals surface area contributed by atoms with Crippen LogP contribution in [0.3, 0.4) is 0 Å². The number of allylic oxidation sites excluding steroid dienone is 1. The summed E-state index contributed by atoms with van der Waals surface area (Å²) in [5.74, 6) is 0.695. The molecule has 2 aromatic carbocycles. The van der Waals surface area contributed by atoms with Gasteiger partial charge in [0.25, 0.3) is 0 Å². The standard InChI is InChI=1S/C21H14BrN3O4/c22-19-13-24(23-21(19)25(27)28)12-18-8-7-17(29-18)9-10-20(26)16-6-5-14-3-1-2-4-15(14)11-16/h1-11,13H,12H2/b10-9+. The molecule has 0 spiro atoms. The number of hydrogen-bond donors (Lipinski definition) is 0. The summed E-state index contributed by atoms with van der Waals surface area (Å²) >= 11 is 3.11. The van der Waals surface area contributed by atoms with Gasteiger partial charge in [-0.2, -0.15) is 4.68 Å². The SMILES string of the molecule is O=C(/C=C/c1ccc(Cn2cc(Br)c([N+](=O)[O-])n2)o1)c1ccc2ccccc2c1. The van der Waals surface area contributed by atoms with E-state index in [9.17, 15) is 14.9 Å². The van der Waals surface area contributed by atoms with Crippen molar-refractivity contribution in [3.8, 4) is 0 Å². The summed E-state index contributed by atoms with van der Waals surface area (Å²) < 4.78 is 7.38. The Morgan fingerprint density at radius 1 is 1.17 bits per heavy atom. The maximum absolute atomic E-state index is 12.5.